The van der Waals surface area contributed by atoms with Crippen LogP contribution in [0.1, 0.15) is 38.7 Å². The first-order valence-electron chi connectivity index (χ1n) is 10.1. The lowest BCUT2D eigenvalue weighted by Gasteiger charge is -2.34. The van der Waals surface area contributed by atoms with Crippen molar-refractivity contribution >= 4 is 6.03 Å². The van der Waals surface area contributed by atoms with E-state index >= 15 is 0 Å². The molecule has 2 atom stereocenters. The van der Waals surface area contributed by atoms with Gasteiger partial charge in [-0.05, 0) is 49.3 Å². The van der Waals surface area contributed by atoms with Gasteiger partial charge < -0.3 is 20.3 Å². The Balaban J connectivity index is 1.59. The first-order valence-corrected chi connectivity index (χ1v) is 10.1. The Morgan fingerprint density at radius 3 is 2.66 bits per heavy atom. The number of hydrogen-bond acceptors (Lipinski definition) is 4. The lowest BCUT2D eigenvalue weighted by molar-refractivity contribution is -0.154. The van der Waals surface area contributed by atoms with Crippen LogP contribution < -0.4 is 15.4 Å². The summed E-state index contributed by atoms with van der Waals surface area (Å²) >= 11 is 0. The van der Waals surface area contributed by atoms with Crippen LogP contribution in [0.4, 0.5) is 18.0 Å². The van der Waals surface area contributed by atoms with E-state index in [1.807, 2.05) is 0 Å². The molecule has 0 spiro atoms. The van der Waals surface area contributed by atoms with Crippen molar-refractivity contribution in [2.45, 2.75) is 45.8 Å². The van der Waals surface area contributed by atoms with E-state index in [2.05, 4.69) is 39.1 Å². The molecule has 0 saturated carbocycles. The zero-order valence-electron chi connectivity index (χ0n) is 17.1. The summed E-state index contributed by atoms with van der Waals surface area (Å²) in [7, 11) is 0. The van der Waals surface area contributed by atoms with E-state index in [1.54, 1.807) is 6.07 Å². The van der Waals surface area contributed by atoms with Crippen molar-refractivity contribution in [3.8, 4) is 5.88 Å². The number of piperidine rings is 1. The number of alkyl halides is 3. The standard InChI is InChI=1S/C20H31F3N4O2/c1-15-9-16(2)13-27(12-15)8-4-3-6-25-19(28)26-11-17-5-7-24-18(10-17)29-14-20(21,22)23/h5,7,10,15-16H,3-4,6,8-9,11-14H2,1-2H3,(H2,25,26,28). The molecule has 164 valence electrons. The molecule has 2 N–H and O–H groups in total. The van der Waals surface area contributed by atoms with E-state index in [0.717, 1.165) is 44.3 Å². The molecule has 1 aliphatic rings. The molecular formula is C20H31F3N4O2. The third-order valence-corrected chi connectivity index (χ3v) is 4.77. The van der Waals surface area contributed by atoms with Crippen molar-refractivity contribution in [1.82, 2.24) is 20.5 Å². The number of ether oxygens (including phenoxy) is 1. The van der Waals surface area contributed by atoms with Gasteiger partial charge in [0, 0.05) is 38.4 Å². The number of nitrogens with zero attached hydrogens (tertiary/aromatic N) is 2. The smallest absolute Gasteiger partial charge is 0.422 e. The molecule has 2 unspecified atom stereocenters. The average molecular weight is 416 g/mol. The number of amides is 2. The van der Waals surface area contributed by atoms with Gasteiger partial charge in [0.2, 0.25) is 5.88 Å². The van der Waals surface area contributed by atoms with Gasteiger partial charge in [-0.15, -0.1) is 0 Å². The number of unbranched alkanes of at least 4 members (excludes halogenated alkanes) is 1. The zero-order chi connectivity index (χ0) is 21.3. The van der Waals surface area contributed by atoms with Crippen LogP contribution in [0, 0.1) is 11.8 Å². The molecule has 0 radical (unpaired) electrons. The predicted molar refractivity (Wildman–Crippen MR) is 105 cm³/mol. The third-order valence-electron chi connectivity index (χ3n) is 4.77. The van der Waals surface area contributed by atoms with Crippen molar-refractivity contribution in [2.75, 3.05) is 32.8 Å². The van der Waals surface area contributed by atoms with Crippen LogP contribution in [-0.2, 0) is 6.54 Å². The Morgan fingerprint density at radius 1 is 1.24 bits per heavy atom. The zero-order valence-corrected chi connectivity index (χ0v) is 17.1. The van der Waals surface area contributed by atoms with Crippen molar-refractivity contribution in [3.05, 3.63) is 23.9 Å². The van der Waals surface area contributed by atoms with Gasteiger partial charge in [0.15, 0.2) is 6.61 Å². The van der Waals surface area contributed by atoms with E-state index in [0.29, 0.717) is 12.1 Å². The Bertz CT molecular complexity index is 632. The summed E-state index contributed by atoms with van der Waals surface area (Å²) in [6.45, 7) is 7.31. The highest BCUT2D eigenvalue weighted by molar-refractivity contribution is 5.73. The quantitative estimate of drug-likeness (QED) is 0.604. The molecule has 9 heteroatoms. The highest BCUT2D eigenvalue weighted by Gasteiger charge is 2.28. The first-order chi connectivity index (χ1) is 13.7. The molecule has 0 aromatic carbocycles. The minimum atomic E-state index is -4.42. The summed E-state index contributed by atoms with van der Waals surface area (Å²) in [5.41, 5.74) is 0.612. The summed E-state index contributed by atoms with van der Waals surface area (Å²) in [4.78, 5) is 18.1. The first kappa shape index (κ1) is 23.3. The Kier molecular flexibility index (Phi) is 9.00. The fourth-order valence-electron chi connectivity index (χ4n) is 3.68. The van der Waals surface area contributed by atoms with E-state index < -0.39 is 12.8 Å². The molecule has 2 heterocycles. The number of carbonyl (C=O) groups is 1. The molecule has 1 aromatic heterocycles. The van der Waals surface area contributed by atoms with Crippen LogP contribution in [0.2, 0.25) is 0 Å². The van der Waals surface area contributed by atoms with Crippen molar-refractivity contribution in [3.63, 3.8) is 0 Å². The van der Waals surface area contributed by atoms with Crippen molar-refractivity contribution in [2.24, 2.45) is 11.8 Å². The number of pyridine rings is 1. The van der Waals surface area contributed by atoms with Gasteiger partial charge in [0.05, 0.1) is 0 Å². The maximum Gasteiger partial charge on any atom is 0.422 e. The maximum absolute atomic E-state index is 12.2. The van der Waals surface area contributed by atoms with E-state index in [1.165, 1.54) is 18.7 Å². The molecule has 0 bridgehead atoms. The molecule has 6 nitrogen and oxygen atoms in total. The van der Waals surface area contributed by atoms with Gasteiger partial charge in [0.1, 0.15) is 0 Å². The average Bonchev–Trinajstić information content (AvgIpc) is 2.63. The van der Waals surface area contributed by atoms with E-state index in [9.17, 15) is 18.0 Å². The number of likely N-dealkylation sites (tertiary alicyclic amines) is 1. The fourth-order valence-corrected chi connectivity index (χ4v) is 3.68. The maximum atomic E-state index is 12.2. The monoisotopic (exact) mass is 416 g/mol. The molecule has 1 fully saturated rings. The highest BCUT2D eigenvalue weighted by atomic mass is 19.4. The summed E-state index contributed by atoms with van der Waals surface area (Å²) in [5, 5.41) is 5.49. The molecule has 1 saturated heterocycles. The summed E-state index contributed by atoms with van der Waals surface area (Å²) in [6, 6.07) is 2.69. The molecular weight excluding hydrogens is 385 g/mol. The number of hydrogen-bond donors (Lipinski definition) is 2. The van der Waals surface area contributed by atoms with Crippen LogP contribution in [-0.4, -0.2) is 54.9 Å². The minimum absolute atomic E-state index is 0.122. The van der Waals surface area contributed by atoms with Crippen molar-refractivity contribution < 1.29 is 22.7 Å². The SMILES string of the molecule is CC1CC(C)CN(CCCCNC(=O)NCc2ccnc(OCC(F)(F)F)c2)C1. The lowest BCUT2D eigenvalue weighted by Crippen LogP contribution is -2.39. The molecule has 1 aliphatic heterocycles. The molecule has 0 aliphatic carbocycles. The van der Waals surface area contributed by atoms with Crippen LogP contribution in [0.15, 0.2) is 18.3 Å². The largest absolute Gasteiger partial charge is 0.468 e. The fraction of sp³-hybridized carbons (Fsp3) is 0.700. The van der Waals surface area contributed by atoms with Gasteiger partial charge in [-0.3, -0.25) is 0 Å². The van der Waals surface area contributed by atoms with Gasteiger partial charge in [-0.25, -0.2) is 9.78 Å². The number of carbonyl (C=O) groups excluding carboxylic acids is 1. The second-order valence-electron chi connectivity index (χ2n) is 7.93. The van der Waals surface area contributed by atoms with Gasteiger partial charge in [0.25, 0.3) is 0 Å². The van der Waals surface area contributed by atoms with Gasteiger partial charge in [-0.2, -0.15) is 13.2 Å². The Labute approximate surface area is 170 Å². The molecule has 1 aromatic rings. The van der Waals surface area contributed by atoms with Crippen LogP contribution in [0.3, 0.4) is 0 Å². The van der Waals surface area contributed by atoms with Crippen LogP contribution >= 0.6 is 0 Å². The van der Waals surface area contributed by atoms with Crippen LogP contribution in [0.5, 0.6) is 5.88 Å². The number of halogens is 3. The summed E-state index contributed by atoms with van der Waals surface area (Å²) in [5.74, 6) is 1.37. The summed E-state index contributed by atoms with van der Waals surface area (Å²) in [6.07, 6.45) is 0.163. The molecule has 2 rings (SSSR count). The number of nitrogens with one attached hydrogen (secondary N) is 2. The predicted octanol–water partition coefficient (Wildman–Crippen LogP) is 3.58. The number of aromatic nitrogens is 1. The third kappa shape index (κ3) is 9.83. The number of rotatable bonds is 9. The molecule has 2 amide bonds. The second-order valence-corrected chi connectivity index (χ2v) is 7.93. The topological polar surface area (TPSA) is 66.5 Å². The normalized spacial score (nSPS) is 20.3. The second kappa shape index (κ2) is 11.2. The van der Waals surface area contributed by atoms with E-state index in [4.69, 9.17) is 0 Å². The molecule has 29 heavy (non-hydrogen) atoms. The highest BCUT2D eigenvalue weighted by Crippen LogP contribution is 2.21. The van der Waals surface area contributed by atoms with Crippen LogP contribution in [0.25, 0.3) is 0 Å². The minimum Gasteiger partial charge on any atom is -0.468 e. The van der Waals surface area contributed by atoms with E-state index in [-0.39, 0.29) is 18.5 Å². The Morgan fingerprint density at radius 2 is 1.97 bits per heavy atom. The summed E-state index contributed by atoms with van der Waals surface area (Å²) < 4.78 is 41.2. The number of urea groups is 1. The van der Waals surface area contributed by atoms with Gasteiger partial charge >= 0.3 is 12.2 Å². The van der Waals surface area contributed by atoms with Crippen molar-refractivity contribution in [1.29, 1.82) is 0 Å². The lowest BCUT2D eigenvalue weighted by atomic mass is 9.92. The van der Waals surface area contributed by atoms with Gasteiger partial charge in [-0.1, -0.05) is 13.8 Å². The Hall–Kier alpha value is -2.03.